The summed E-state index contributed by atoms with van der Waals surface area (Å²) < 4.78 is 5.48. The maximum atomic E-state index is 12.3. The van der Waals surface area contributed by atoms with E-state index in [9.17, 15) is 20.1 Å². The predicted octanol–water partition coefficient (Wildman–Crippen LogP) is 4.71. The first-order valence-electron chi connectivity index (χ1n) is 13.8. The molecule has 0 aromatic heterocycles. The van der Waals surface area contributed by atoms with Crippen LogP contribution in [0.15, 0.2) is 0 Å². The second-order valence-electron chi connectivity index (χ2n) is 12.8. The highest BCUT2D eigenvalue weighted by atomic mass is 16.5. The lowest BCUT2D eigenvalue weighted by Crippen LogP contribution is -2.62. The fraction of sp³-hybridized carbons (Fsp3) is 0.964. The van der Waals surface area contributed by atoms with Gasteiger partial charge in [-0.25, -0.2) is 0 Å². The third kappa shape index (κ3) is 4.29. The summed E-state index contributed by atoms with van der Waals surface area (Å²) in [5, 5.41) is 33.3. The summed E-state index contributed by atoms with van der Waals surface area (Å²) in [7, 11) is 0. The van der Waals surface area contributed by atoms with Crippen molar-refractivity contribution >= 4 is 5.97 Å². The van der Waals surface area contributed by atoms with Gasteiger partial charge >= 0.3 is 5.97 Å². The normalized spacial score (nSPS) is 48.8. The Labute approximate surface area is 200 Å². The second-order valence-corrected chi connectivity index (χ2v) is 12.8. The molecule has 4 fully saturated rings. The zero-order valence-electron chi connectivity index (χ0n) is 21.5. The largest absolute Gasteiger partial charge is 0.463 e. The molecule has 4 rings (SSSR count). The van der Waals surface area contributed by atoms with Gasteiger partial charge in [-0.15, -0.1) is 0 Å². The summed E-state index contributed by atoms with van der Waals surface area (Å²) in [5.41, 5.74) is -0.103. The van der Waals surface area contributed by atoms with E-state index < -0.39 is 0 Å². The van der Waals surface area contributed by atoms with Crippen LogP contribution < -0.4 is 0 Å². The van der Waals surface area contributed by atoms with Crippen LogP contribution in [-0.4, -0.2) is 45.7 Å². The standard InChI is InChI=1S/C28H48O5/c1-6-17(3)33-25(32)10-7-16(2)20-8-9-21-26-22(15-24(31)28(20,21)5)27(4)12-11-19(29)13-18(27)14-23(26)30/h16-24,26,29-31H,6-15H2,1-5H3. The van der Waals surface area contributed by atoms with E-state index in [0.29, 0.717) is 36.0 Å². The van der Waals surface area contributed by atoms with Crippen molar-refractivity contribution in [2.24, 2.45) is 46.3 Å². The molecule has 0 bridgehead atoms. The minimum Gasteiger partial charge on any atom is -0.463 e. The minimum atomic E-state index is -0.375. The smallest absolute Gasteiger partial charge is 0.306 e. The lowest BCUT2D eigenvalue weighted by Gasteiger charge is -2.63. The monoisotopic (exact) mass is 464 g/mol. The molecule has 12 atom stereocenters. The summed E-state index contributed by atoms with van der Waals surface area (Å²) in [6, 6.07) is 0. The number of ether oxygens (including phenoxy) is 1. The van der Waals surface area contributed by atoms with Crippen molar-refractivity contribution in [3.63, 3.8) is 0 Å². The molecule has 4 saturated carbocycles. The van der Waals surface area contributed by atoms with E-state index in [4.69, 9.17) is 4.74 Å². The second kappa shape index (κ2) is 9.43. The van der Waals surface area contributed by atoms with Crippen molar-refractivity contribution in [1.29, 1.82) is 0 Å². The molecule has 190 valence electrons. The Morgan fingerprint density at radius 2 is 1.76 bits per heavy atom. The van der Waals surface area contributed by atoms with Gasteiger partial charge in [0.15, 0.2) is 0 Å². The van der Waals surface area contributed by atoms with E-state index in [2.05, 4.69) is 20.8 Å². The molecule has 0 heterocycles. The number of hydrogen-bond donors (Lipinski definition) is 3. The van der Waals surface area contributed by atoms with Crippen LogP contribution in [0.3, 0.4) is 0 Å². The zero-order valence-corrected chi connectivity index (χ0v) is 21.5. The molecular weight excluding hydrogens is 416 g/mol. The van der Waals surface area contributed by atoms with Crippen LogP contribution in [0, 0.1) is 46.3 Å². The number of carbonyl (C=O) groups excluding carboxylic acids is 1. The number of fused-ring (bicyclic) bond motifs is 5. The topological polar surface area (TPSA) is 87.0 Å². The minimum absolute atomic E-state index is 0.0304. The van der Waals surface area contributed by atoms with Gasteiger partial charge in [0.1, 0.15) is 0 Å². The number of hydrogen-bond acceptors (Lipinski definition) is 5. The van der Waals surface area contributed by atoms with E-state index in [0.717, 1.165) is 57.8 Å². The third-order valence-corrected chi connectivity index (χ3v) is 11.2. The number of esters is 1. The van der Waals surface area contributed by atoms with Crippen molar-refractivity contribution in [3.05, 3.63) is 0 Å². The van der Waals surface area contributed by atoms with Gasteiger partial charge < -0.3 is 20.1 Å². The van der Waals surface area contributed by atoms with Crippen LogP contribution in [0.2, 0.25) is 0 Å². The Balaban J connectivity index is 1.49. The summed E-state index contributed by atoms with van der Waals surface area (Å²) in [6.45, 7) is 10.9. The molecule has 0 radical (unpaired) electrons. The van der Waals surface area contributed by atoms with Crippen molar-refractivity contribution in [2.45, 2.75) is 123 Å². The molecule has 12 unspecified atom stereocenters. The van der Waals surface area contributed by atoms with Crippen LogP contribution >= 0.6 is 0 Å². The molecule has 4 aliphatic rings. The van der Waals surface area contributed by atoms with Gasteiger partial charge in [0.2, 0.25) is 0 Å². The summed E-state index contributed by atoms with van der Waals surface area (Å²) >= 11 is 0. The van der Waals surface area contributed by atoms with Crippen LogP contribution in [0.4, 0.5) is 0 Å². The Kier molecular flexibility index (Phi) is 7.27. The van der Waals surface area contributed by atoms with E-state index in [1.165, 1.54) is 0 Å². The van der Waals surface area contributed by atoms with E-state index in [-0.39, 0.29) is 47.1 Å². The summed E-state index contributed by atoms with van der Waals surface area (Å²) in [4.78, 5) is 12.3. The molecule has 4 aliphatic carbocycles. The highest BCUT2D eigenvalue weighted by Gasteiger charge is 2.65. The van der Waals surface area contributed by atoms with Crippen LogP contribution in [0.25, 0.3) is 0 Å². The van der Waals surface area contributed by atoms with Gasteiger partial charge in [-0.05, 0) is 111 Å². The van der Waals surface area contributed by atoms with Gasteiger partial charge in [-0.1, -0.05) is 27.7 Å². The average molecular weight is 465 g/mol. The van der Waals surface area contributed by atoms with Crippen LogP contribution in [0.5, 0.6) is 0 Å². The Hall–Kier alpha value is -0.650. The fourth-order valence-electron chi connectivity index (χ4n) is 9.05. The van der Waals surface area contributed by atoms with Gasteiger partial charge in [0.05, 0.1) is 24.4 Å². The molecule has 0 aliphatic heterocycles. The first-order chi connectivity index (χ1) is 15.5. The maximum Gasteiger partial charge on any atom is 0.306 e. The third-order valence-electron chi connectivity index (χ3n) is 11.2. The first kappa shape index (κ1) is 25.4. The van der Waals surface area contributed by atoms with Gasteiger partial charge in [0.25, 0.3) is 0 Å². The SMILES string of the molecule is CCC(C)OC(=O)CCC(C)C1CCC2C3C(O)CC4CC(O)CCC4(C)C3CC(O)C12C. The molecule has 0 spiro atoms. The molecular formula is C28H48O5. The average Bonchev–Trinajstić information content (AvgIpc) is 3.12. The molecule has 0 aromatic carbocycles. The number of aliphatic hydroxyl groups excluding tert-OH is 3. The molecule has 33 heavy (non-hydrogen) atoms. The Morgan fingerprint density at radius 1 is 1.03 bits per heavy atom. The lowest BCUT2D eigenvalue weighted by atomic mass is 9.43. The fourth-order valence-corrected chi connectivity index (χ4v) is 9.05. The van der Waals surface area contributed by atoms with Crippen LogP contribution in [-0.2, 0) is 9.53 Å². The van der Waals surface area contributed by atoms with Crippen molar-refractivity contribution < 1.29 is 24.9 Å². The van der Waals surface area contributed by atoms with Crippen molar-refractivity contribution in [1.82, 2.24) is 0 Å². The number of rotatable bonds is 6. The van der Waals surface area contributed by atoms with Gasteiger partial charge in [-0.2, -0.15) is 0 Å². The molecule has 0 saturated heterocycles. The van der Waals surface area contributed by atoms with Crippen LogP contribution in [0.1, 0.15) is 98.8 Å². The predicted molar refractivity (Wildman–Crippen MR) is 128 cm³/mol. The molecule has 5 heteroatoms. The molecule has 0 amide bonds. The van der Waals surface area contributed by atoms with E-state index >= 15 is 0 Å². The highest BCUT2D eigenvalue weighted by molar-refractivity contribution is 5.69. The maximum absolute atomic E-state index is 12.3. The number of carbonyl (C=O) groups is 1. The number of aliphatic hydroxyl groups is 3. The summed E-state index contributed by atoms with van der Waals surface area (Å²) in [5.74, 6) is 1.83. The Morgan fingerprint density at radius 3 is 2.45 bits per heavy atom. The van der Waals surface area contributed by atoms with E-state index in [1.54, 1.807) is 0 Å². The van der Waals surface area contributed by atoms with Crippen molar-refractivity contribution in [2.75, 3.05) is 0 Å². The quantitative estimate of drug-likeness (QED) is 0.496. The first-order valence-corrected chi connectivity index (χ1v) is 13.8. The van der Waals surface area contributed by atoms with E-state index in [1.807, 2.05) is 13.8 Å². The lowest BCUT2D eigenvalue weighted by molar-refractivity contribution is -0.207. The summed E-state index contributed by atoms with van der Waals surface area (Å²) in [6.07, 6.45) is 7.39. The molecule has 0 aromatic rings. The Bertz CT molecular complexity index is 710. The van der Waals surface area contributed by atoms with Gasteiger partial charge in [-0.3, -0.25) is 4.79 Å². The zero-order chi connectivity index (χ0) is 24.1. The van der Waals surface area contributed by atoms with Crippen molar-refractivity contribution in [3.8, 4) is 0 Å². The van der Waals surface area contributed by atoms with Gasteiger partial charge in [0, 0.05) is 6.42 Å². The molecule has 5 nitrogen and oxygen atoms in total. The molecule has 3 N–H and O–H groups in total. The highest BCUT2D eigenvalue weighted by Crippen LogP contribution is 2.68.